The molecule has 0 aliphatic rings. The second-order valence-corrected chi connectivity index (χ2v) is 6.93. The van der Waals surface area contributed by atoms with Crippen LogP contribution in [0.5, 0.6) is 0 Å². The molecule has 1 N–H and O–H groups in total. The Hall–Kier alpha value is -1.66. The van der Waals surface area contributed by atoms with Gasteiger partial charge in [-0.25, -0.2) is 13.1 Å². The van der Waals surface area contributed by atoms with Gasteiger partial charge in [0, 0.05) is 18.8 Å². The van der Waals surface area contributed by atoms with Crippen LogP contribution in [0.25, 0.3) is 0 Å². The molecule has 0 fully saturated rings. The molecule has 1 aromatic carbocycles. The molecule has 0 amide bonds. The van der Waals surface area contributed by atoms with Crippen molar-refractivity contribution in [3.63, 3.8) is 0 Å². The zero-order valence-corrected chi connectivity index (χ0v) is 13.6. The van der Waals surface area contributed by atoms with E-state index in [0.717, 1.165) is 11.1 Å². The van der Waals surface area contributed by atoms with Gasteiger partial charge in [0.15, 0.2) is 0 Å². The number of nitrogens with one attached hydrogen (secondary N) is 1. The van der Waals surface area contributed by atoms with Crippen LogP contribution < -0.4 is 4.72 Å². The van der Waals surface area contributed by atoms with Crippen LogP contribution in [0.3, 0.4) is 0 Å². The molecule has 1 heterocycles. The molecule has 6 heteroatoms. The van der Waals surface area contributed by atoms with Crippen molar-refractivity contribution >= 4 is 10.0 Å². The van der Waals surface area contributed by atoms with E-state index in [1.165, 1.54) is 18.0 Å². The van der Waals surface area contributed by atoms with E-state index < -0.39 is 10.0 Å². The van der Waals surface area contributed by atoms with E-state index in [2.05, 4.69) is 9.82 Å². The molecule has 0 spiro atoms. The Morgan fingerprint density at radius 3 is 2.57 bits per heavy atom. The van der Waals surface area contributed by atoms with E-state index in [1.54, 1.807) is 4.68 Å². The Labute approximate surface area is 126 Å². The van der Waals surface area contributed by atoms with Crippen molar-refractivity contribution in [2.75, 3.05) is 0 Å². The highest BCUT2D eigenvalue weighted by molar-refractivity contribution is 7.89. The third-order valence-electron chi connectivity index (χ3n) is 3.61. The number of benzene rings is 1. The molecular formula is C15H21N3O2S. The number of hydrogen-bond donors (Lipinski definition) is 1. The molecule has 21 heavy (non-hydrogen) atoms. The molecule has 0 aliphatic carbocycles. The molecule has 0 saturated heterocycles. The smallest absolute Gasteiger partial charge is 0.244 e. The van der Waals surface area contributed by atoms with E-state index in [9.17, 15) is 8.42 Å². The van der Waals surface area contributed by atoms with Crippen molar-refractivity contribution in [2.45, 2.75) is 45.2 Å². The van der Waals surface area contributed by atoms with Crippen LogP contribution in [0, 0.1) is 13.8 Å². The summed E-state index contributed by atoms with van der Waals surface area (Å²) < 4.78 is 28.9. The summed E-state index contributed by atoms with van der Waals surface area (Å²) in [6, 6.07) is 5.67. The maximum atomic E-state index is 12.3. The van der Waals surface area contributed by atoms with Gasteiger partial charge in [-0.15, -0.1) is 0 Å². The highest BCUT2D eigenvalue weighted by Crippen LogP contribution is 2.19. The van der Waals surface area contributed by atoms with Gasteiger partial charge in [-0.05, 0) is 44.4 Å². The van der Waals surface area contributed by atoms with Crippen molar-refractivity contribution in [1.29, 1.82) is 0 Å². The Balaban J connectivity index is 2.21. The van der Waals surface area contributed by atoms with Crippen LogP contribution in [0.2, 0.25) is 0 Å². The molecule has 2 rings (SSSR count). The summed E-state index contributed by atoms with van der Waals surface area (Å²) in [5, 5.41) is 4.00. The van der Waals surface area contributed by atoms with Gasteiger partial charge in [0.1, 0.15) is 4.90 Å². The molecule has 1 unspecified atom stereocenters. The lowest BCUT2D eigenvalue weighted by Gasteiger charge is -2.15. The Morgan fingerprint density at radius 2 is 2.00 bits per heavy atom. The second kappa shape index (κ2) is 5.99. The molecule has 0 saturated carbocycles. The van der Waals surface area contributed by atoms with E-state index in [1.807, 2.05) is 45.9 Å². The summed E-state index contributed by atoms with van der Waals surface area (Å²) in [6.07, 6.45) is 2.91. The molecule has 1 atom stereocenters. The molecule has 0 aliphatic heterocycles. The fourth-order valence-corrected chi connectivity index (χ4v) is 3.24. The highest BCUT2D eigenvalue weighted by atomic mass is 32.2. The van der Waals surface area contributed by atoms with Crippen LogP contribution in [0.1, 0.15) is 36.6 Å². The predicted octanol–water partition coefficient (Wildman–Crippen LogP) is 2.56. The van der Waals surface area contributed by atoms with Gasteiger partial charge in [0.05, 0.1) is 6.20 Å². The van der Waals surface area contributed by atoms with Crippen molar-refractivity contribution in [2.24, 2.45) is 0 Å². The number of hydrogen-bond acceptors (Lipinski definition) is 3. The molecule has 5 nitrogen and oxygen atoms in total. The zero-order valence-electron chi connectivity index (χ0n) is 12.8. The number of nitrogens with zero attached hydrogens (tertiary/aromatic N) is 2. The summed E-state index contributed by atoms with van der Waals surface area (Å²) in [5.41, 5.74) is 3.29. The first-order valence-corrected chi connectivity index (χ1v) is 8.43. The predicted molar refractivity (Wildman–Crippen MR) is 82.6 cm³/mol. The average Bonchev–Trinajstić information content (AvgIpc) is 2.91. The molecule has 0 bridgehead atoms. The first-order chi connectivity index (χ1) is 9.83. The minimum atomic E-state index is -3.55. The third-order valence-corrected chi connectivity index (χ3v) is 5.10. The van der Waals surface area contributed by atoms with Gasteiger partial charge in [-0.2, -0.15) is 5.10 Å². The van der Waals surface area contributed by atoms with E-state index in [0.29, 0.717) is 6.54 Å². The quantitative estimate of drug-likeness (QED) is 0.923. The van der Waals surface area contributed by atoms with E-state index >= 15 is 0 Å². The zero-order chi connectivity index (χ0) is 15.6. The maximum Gasteiger partial charge on any atom is 0.244 e. The van der Waals surface area contributed by atoms with Gasteiger partial charge >= 0.3 is 0 Å². The van der Waals surface area contributed by atoms with Gasteiger partial charge in [0.2, 0.25) is 10.0 Å². The molecule has 114 valence electrons. The SMILES string of the molecule is CCn1cc(S(=O)(=O)NC(C)c2ccc(C)c(C)c2)cn1. The lowest BCUT2D eigenvalue weighted by atomic mass is 10.0. The monoisotopic (exact) mass is 307 g/mol. The summed E-state index contributed by atoms with van der Waals surface area (Å²) in [7, 11) is -3.55. The van der Waals surface area contributed by atoms with Crippen molar-refractivity contribution in [3.8, 4) is 0 Å². The average molecular weight is 307 g/mol. The van der Waals surface area contributed by atoms with Crippen molar-refractivity contribution in [3.05, 3.63) is 47.3 Å². The standard InChI is InChI=1S/C15H21N3O2S/c1-5-18-10-15(9-16-18)21(19,20)17-13(4)14-7-6-11(2)12(3)8-14/h6-10,13,17H,5H2,1-4H3. The lowest BCUT2D eigenvalue weighted by Crippen LogP contribution is -2.26. The Morgan fingerprint density at radius 1 is 1.29 bits per heavy atom. The molecular weight excluding hydrogens is 286 g/mol. The van der Waals surface area contributed by atoms with Crippen molar-refractivity contribution in [1.82, 2.24) is 14.5 Å². The van der Waals surface area contributed by atoms with Gasteiger partial charge in [-0.3, -0.25) is 4.68 Å². The van der Waals surface area contributed by atoms with Crippen LogP contribution in [-0.2, 0) is 16.6 Å². The summed E-state index contributed by atoms with van der Waals surface area (Å²) in [5.74, 6) is 0. The van der Waals surface area contributed by atoms with E-state index in [4.69, 9.17) is 0 Å². The summed E-state index contributed by atoms with van der Waals surface area (Å²) >= 11 is 0. The molecule has 2 aromatic rings. The maximum absolute atomic E-state index is 12.3. The number of aryl methyl sites for hydroxylation is 3. The first kappa shape index (κ1) is 15.7. The summed E-state index contributed by atoms with van der Waals surface area (Å²) in [6.45, 7) is 8.45. The normalized spacial score (nSPS) is 13.3. The number of sulfonamides is 1. The van der Waals surface area contributed by atoms with Crippen LogP contribution >= 0.6 is 0 Å². The van der Waals surface area contributed by atoms with Crippen LogP contribution in [-0.4, -0.2) is 18.2 Å². The number of rotatable bonds is 5. The van der Waals surface area contributed by atoms with Crippen LogP contribution in [0.4, 0.5) is 0 Å². The topological polar surface area (TPSA) is 64.0 Å². The van der Waals surface area contributed by atoms with Gasteiger partial charge < -0.3 is 0 Å². The fourth-order valence-electron chi connectivity index (χ4n) is 2.06. The largest absolute Gasteiger partial charge is 0.272 e. The molecule has 0 radical (unpaired) electrons. The fraction of sp³-hybridized carbons (Fsp3) is 0.400. The minimum absolute atomic E-state index is 0.194. The highest BCUT2D eigenvalue weighted by Gasteiger charge is 2.20. The Kier molecular flexibility index (Phi) is 4.49. The third kappa shape index (κ3) is 3.51. The summed E-state index contributed by atoms with van der Waals surface area (Å²) in [4.78, 5) is 0.194. The Bertz CT molecular complexity index is 735. The minimum Gasteiger partial charge on any atom is -0.272 e. The first-order valence-electron chi connectivity index (χ1n) is 6.95. The molecule has 1 aromatic heterocycles. The van der Waals surface area contributed by atoms with Crippen LogP contribution in [0.15, 0.2) is 35.5 Å². The number of aromatic nitrogens is 2. The second-order valence-electron chi connectivity index (χ2n) is 5.22. The lowest BCUT2D eigenvalue weighted by molar-refractivity contribution is 0.566. The van der Waals surface area contributed by atoms with Crippen molar-refractivity contribution < 1.29 is 8.42 Å². The van der Waals surface area contributed by atoms with Gasteiger partial charge in [-0.1, -0.05) is 18.2 Å². The van der Waals surface area contributed by atoms with E-state index in [-0.39, 0.29) is 10.9 Å². The van der Waals surface area contributed by atoms with Gasteiger partial charge in [0.25, 0.3) is 0 Å².